The molecule has 3 unspecified atom stereocenters. The van der Waals surface area contributed by atoms with E-state index in [9.17, 15) is 5.11 Å². The van der Waals surface area contributed by atoms with Crippen molar-refractivity contribution < 1.29 is 9.84 Å². The second-order valence-electron chi connectivity index (χ2n) is 5.38. The molecule has 110 valence electrons. The Balaban J connectivity index is 2.43. The van der Waals surface area contributed by atoms with Crippen LogP contribution in [0, 0.1) is 18.3 Å². The van der Waals surface area contributed by atoms with E-state index in [2.05, 4.69) is 25.1 Å². The normalized spacial score (nSPS) is 15.2. The second kappa shape index (κ2) is 8.63. The zero-order valence-corrected chi connectivity index (χ0v) is 12.6. The molecule has 3 nitrogen and oxygen atoms in total. The molecule has 0 fully saturated rings. The zero-order chi connectivity index (χ0) is 15.0. The molecule has 2 N–H and O–H groups in total. The molecule has 0 aliphatic carbocycles. The molecular formula is C17H25NO2. The van der Waals surface area contributed by atoms with E-state index in [4.69, 9.17) is 11.2 Å². The number of rotatable bonds is 8. The molecule has 3 atom stereocenters. The zero-order valence-electron chi connectivity index (χ0n) is 12.6. The van der Waals surface area contributed by atoms with Gasteiger partial charge in [-0.15, -0.1) is 6.42 Å². The van der Waals surface area contributed by atoms with E-state index < -0.39 is 0 Å². The van der Waals surface area contributed by atoms with Crippen LogP contribution >= 0.6 is 0 Å². The van der Waals surface area contributed by atoms with Gasteiger partial charge in [-0.05, 0) is 50.4 Å². The molecule has 0 spiro atoms. The van der Waals surface area contributed by atoms with Gasteiger partial charge < -0.3 is 15.2 Å². The minimum Gasteiger partial charge on any atom is -0.481 e. The van der Waals surface area contributed by atoms with Gasteiger partial charge in [0.15, 0.2) is 0 Å². The summed E-state index contributed by atoms with van der Waals surface area (Å²) in [5.41, 5.74) is 1.21. The molecule has 0 aromatic heterocycles. The molecule has 0 radical (unpaired) electrons. The Morgan fingerprint density at radius 3 is 2.45 bits per heavy atom. The Kier molecular flexibility index (Phi) is 7.14. The number of nitrogens with one attached hydrogen (secondary N) is 1. The van der Waals surface area contributed by atoms with Crippen LogP contribution in [0.25, 0.3) is 0 Å². The quantitative estimate of drug-likeness (QED) is 0.717. The fourth-order valence-electron chi connectivity index (χ4n) is 2.14. The van der Waals surface area contributed by atoms with Crippen molar-refractivity contribution in [3.8, 4) is 18.1 Å². The fourth-order valence-corrected chi connectivity index (χ4v) is 2.14. The van der Waals surface area contributed by atoms with Crippen LogP contribution in [-0.4, -0.2) is 24.4 Å². The van der Waals surface area contributed by atoms with Crippen LogP contribution in [0.2, 0.25) is 0 Å². The molecule has 1 rings (SSSR count). The van der Waals surface area contributed by atoms with Crippen LogP contribution in [0.1, 0.15) is 38.8 Å². The van der Waals surface area contributed by atoms with Crippen LogP contribution in [0.3, 0.4) is 0 Å². The minimum absolute atomic E-state index is 0.241. The lowest BCUT2D eigenvalue weighted by molar-refractivity contribution is 0.162. The third-order valence-corrected chi connectivity index (χ3v) is 3.22. The molecular weight excluding hydrogens is 250 g/mol. The van der Waals surface area contributed by atoms with Crippen molar-refractivity contribution in [2.75, 3.05) is 13.2 Å². The second-order valence-corrected chi connectivity index (χ2v) is 5.38. The maximum atomic E-state index is 9.35. The largest absolute Gasteiger partial charge is 0.481 e. The van der Waals surface area contributed by atoms with E-state index in [1.54, 1.807) is 0 Å². The van der Waals surface area contributed by atoms with E-state index >= 15 is 0 Å². The fraction of sp³-hybridized carbons (Fsp3) is 0.529. The van der Waals surface area contributed by atoms with Crippen LogP contribution in [0.4, 0.5) is 0 Å². The minimum atomic E-state index is -0.241. The smallest absolute Gasteiger partial charge is 0.148 e. The van der Waals surface area contributed by atoms with Gasteiger partial charge in [0, 0.05) is 6.04 Å². The topological polar surface area (TPSA) is 41.5 Å². The SMILES string of the molecule is C#CCOc1ccc(C(C)NCC(C)CC(C)O)cc1. The van der Waals surface area contributed by atoms with E-state index in [1.807, 2.05) is 31.2 Å². The monoisotopic (exact) mass is 275 g/mol. The summed E-state index contributed by atoms with van der Waals surface area (Å²) in [5, 5.41) is 12.8. The number of hydrogen-bond donors (Lipinski definition) is 2. The molecule has 20 heavy (non-hydrogen) atoms. The first kappa shape index (κ1) is 16.6. The Morgan fingerprint density at radius 1 is 1.25 bits per heavy atom. The van der Waals surface area contributed by atoms with Crippen LogP contribution in [-0.2, 0) is 0 Å². The summed E-state index contributed by atoms with van der Waals surface area (Å²) in [5.74, 6) is 3.69. The Labute approximate surface area is 122 Å². The summed E-state index contributed by atoms with van der Waals surface area (Å²) in [6, 6.07) is 8.23. The van der Waals surface area contributed by atoms with Crippen LogP contribution in [0.5, 0.6) is 5.75 Å². The number of aliphatic hydroxyl groups excluding tert-OH is 1. The third kappa shape index (κ3) is 6.10. The summed E-state index contributed by atoms with van der Waals surface area (Å²) in [7, 11) is 0. The predicted molar refractivity (Wildman–Crippen MR) is 82.6 cm³/mol. The highest BCUT2D eigenvalue weighted by Crippen LogP contribution is 2.18. The van der Waals surface area contributed by atoms with Crippen molar-refractivity contribution >= 4 is 0 Å². The van der Waals surface area contributed by atoms with Crippen molar-refractivity contribution in [1.82, 2.24) is 5.32 Å². The molecule has 0 bridgehead atoms. The summed E-state index contributed by atoms with van der Waals surface area (Å²) < 4.78 is 5.35. The van der Waals surface area contributed by atoms with Gasteiger partial charge >= 0.3 is 0 Å². The number of benzene rings is 1. The van der Waals surface area contributed by atoms with Gasteiger partial charge in [-0.1, -0.05) is 25.0 Å². The summed E-state index contributed by atoms with van der Waals surface area (Å²) in [4.78, 5) is 0. The van der Waals surface area contributed by atoms with Crippen molar-refractivity contribution in [1.29, 1.82) is 0 Å². The van der Waals surface area contributed by atoms with Crippen molar-refractivity contribution in [2.24, 2.45) is 5.92 Å². The van der Waals surface area contributed by atoms with E-state index in [1.165, 1.54) is 5.56 Å². The summed E-state index contributed by atoms with van der Waals surface area (Å²) in [6.45, 7) is 7.29. The molecule has 0 saturated heterocycles. The van der Waals surface area contributed by atoms with Gasteiger partial charge in [0.1, 0.15) is 12.4 Å². The molecule has 0 amide bonds. The van der Waals surface area contributed by atoms with Gasteiger partial charge in [-0.2, -0.15) is 0 Å². The number of ether oxygens (including phenoxy) is 1. The highest BCUT2D eigenvalue weighted by Gasteiger charge is 2.09. The Bertz CT molecular complexity index is 420. The average molecular weight is 275 g/mol. The first-order valence-electron chi connectivity index (χ1n) is 7.10. The van der Waals surface area contributed by atoms with Crippen molar-refractivity contribution in [3.63, 3.8) is 0 Å². The Hall–Kier alpha value is -1.50. The lowest BCUT2D eigenvalue weighted by Gasteiger charge is -2.19. The Morgan fingerprint density at radius 2 is 1.90 bits per heavy atom. The number of hydrogen-bond acceptors (Lipinski definition) is 3. The van der Waals surface area contributed by atoms with E-state index in [0.29, 0.717) is 12.5 Å². The highest BCUT2D eigenvalue weighted by molar-refractivity contribution is 5.29. The average Bonchev–Trinajstić information content (AvgIpc) is 2.42. The maximum absolute atomic E-state index is 9.35. The first-order valence-corrected chi connectivity index (χ1v) is 7.10. The van der Waals surface area contributed by atoms with Gasteiger partial charge in [0.25, 0.3) is 0 Å². The maximum Gasteiger partial charge on any atom is 0.148 e. The molecule has 0 aliphatic heterocycles. The van der Waals surface area contributed by atoms with Crippen LogP contribution < -0.4 is 10.1 Å². The summed E-state index contributed by atoms with van der Waals surface area (Å²) in [6.07, 6.45) is 5.73. The first-order chi connectivity index (χ1) is 9.52. The number of terminal acetylenes is 1. The number of aliphatic hydroxyl groups is 1. The lowest BCUT2D eigenvalue weighted by atomic mass is 10.0. The van der Waals surface area contributed by atoms with Gasteiger partial charge in [0.2, 0.25) is 0 Å². The van der Waals surface area contributed by atoms with Gasteiger partial charge in [-0.3, -0.25) is 0 Å². The summed E-state index contributed by atoms with van der Waals surface area (Å²) >= 11 is 0. The predicted octanol–water partition coefficient (Wildman–Crippen LogP) is 2.76. The molecule has 0 saturated carbocycles. The molecule has 1 aromatic carbocycles. The molecule has 3 heteroatoms. The molecule has 1 aromatic rings. The molecule has 0 aliphatic rings. The van der Waals surface area contributed by atoms with E-state index in [0.717, 1.165) is 18.7 Å². The third-order valence-electron chi connectivity index (χ3n) is 3.22. The lowest BCUT2D eigenvalue weighted by Crippen LogP contribution is -2.26. The van der Waals surface area contributed by atoms with Crippen molar-refractivity contribution in [2.45, 2.75) is 39.3 Å². The standard InChI is InChI=1S/C17H25NO2/c1-5-10-20-17-8-6-16(7-9-17)15(4)18-12-13(2)11-14(3)19/h1,6-9,13-15,18-19H,10-12H2,2-4H3. The van der Waals surface area contributed by atoms with Gasteiger partial charge in [0.05, 0.1) is 6.10 Å². The van der Waals surface area contributed by atoms with Crippen molar-refractivity contribution in [3.05, 3.63) is 29.8 Å². The van der Waals surface area contributed by atoms with E-state index in [-0.39, 0.29) is 12.1 Å². The molecule has 0 heterocycles. The van der Waals surface area contributed by atoms with Crippen LogP contribution in [0.15, 0.2) is 24.3 Å². The van der Waals surface area contributed by atoms with Gasteiger partial charge in [-0.25, -0.2) is 0 Å². The highest BCUT2D eigenvalue weighted by atomic mass is 16.5.